The zero-order valence-corrected chi connectivity index (χ0v) is 13.5. The molecular formula is C19H27N. The third-order valence-corrected chi connectivity index (χ3v) is 4.51. The van der Waals surface area contributed by atoms with E-state index in [9.17, 15) is 0 Å². The highest BCUT2D eigenvalue weighted by Crippen LogP contribution is 2.40. The minimum atomic E-state index is 0.559. The minimum absolute atomic E-state index is 0.559. The summed E-state index contributed by atoms with van der Waals surface area (Å²) < 4.78 is 0. The van der Waals surface area contributed by atoms with Crippen molar-refractivity contribution in [3.05, 3.63) is 46.5 Å². The van der Waals surface area contributed by atoms with Crippen molar-refractivity contribution in [3.63, 3.8) is 0 Å². The van der Waals surface area contributed by atoms with Gasteiger partial charge < -0.3 is 5.32 Å². The molecule has 0 heterocycles. The molecule has 1 heteroatoms. The van der Waals surface area contributed by atoms with E-state index in [1.807, 2.05) is 0 Å². The number of benzene rings is 1. The zero-order valence-electron chi connectivity index (χ0n) is 13.5. The van der Waals surface area contributed by atoms with Gasteiger partial charge in [0.15, 0.2) is 0 Å². The number of anilines is 1. The van der Waals surface area contributed by atoms with Gasteiger partial charge in [0, 0.05) is 17.3 Å². The Morgan fingerprint density at radius 3 is 2.20 bits per heavy atom. The molecule has 1 nitrogen and oxygen atoms in total. The van der Waals surface area contributed by atoms with Gasteiger partial charge in [0.25, 0.3) is 0 Å². The van der Waals surface area contributed by atoms with E-state index in [-0.39, 0.29) is 0 Å². The van der Waals surface area contributed by atoms with Crippen molar-refractivity contribution in [2.45, 2.75) is 59.9 Å². The molecule has 0 saturated carbocycles. The Hall–Kier alpha value is -1.50. The predicted octanol–water partition coefficient (Wildman–Crippen LogP) is 5.80. The summed E-state index contributed by atoms with van der Waals surface area (Å²) in [5, 5.41) is 3.72. The Labute approximate surface area is 123 Å². The van der Waals surface area contributed by atoms with Gasteiger partial charge in [-0.2, -0.15) is 0 Å². The molecule has 1 aromatic rings. The Balaban J connectivity index is 2.41. The summed E-state index contributed by atoms with van der Waals surface area (Å²) in [5.74, 6) is 0. The van der Waals surface area contributed by atoms with Crippen LogP contribution in [0.4, 0.5) is 5.69 Å². The van der Waals surface area contributed by atoms with Crippen molar-refractivity contribution in [2.75, 3.05) is 5.32 Å². The van der Waals surface area contributed by atoms with E-state index in [2.05, 4.69) is 64.2 Å². The second-order valence-corrected chi connectivity index (χ2v) is 5.94. The number of nitrogens with one attached hydrogen (secondary N) is 1. The van der Waals surface area contributed by atoms with E-state index in [0.717, 1.165) is 19.3 Å². The molecule has 108 valence electrons. The smallest absolute Gasteiger partial charge is 0.0422 e. The molecule has 0 unspecified atom stereocenters. The first-order valence-corrected chi connectivity index (χ1v) is 7.80. The van der Waals surface area contributed by atoms with Crippen molar-refractivity contribution in [3.8, 4) is 0 Å². The van der Waals surface area contributed by atoms with Crippen LogP contribution in [0.15, 0.2) is 41.0 Å². The van der Waals surface area contributed by atoms with Crippen LogP contribution in [0.3, 0.4) is 0 Å². The topological polar surface area (TPSA) is 12.0 Å². The summed E-state index contributed by atoms with van der Waals surface area (Å²) >= 11 is 0. The first-order valence-electron chi connectivity index (χ1n) is 7.80. The molecular weight excluding hydrogens is 242 g/mol. The van der Waals surface area contributed by atoms with Gasteiger partial charge >= 0.3 is 0 Å². The molecule has 1 N–H and O–H groups in total. The summed E-state index contributed by atoms with van der Waals surface area (Å²) in [7, 11) is 0. The van der Waals surface area contributed by atoms with E-state index in [4.69, 9.17) is 0 Å². The maximum Gasteiger partial charge on any atom is 0.0422 e. The van der Waals surface area contributed by atoms with Gasteiger partial charge in [0.1, 0.15) is 0 Å². The van der Waals surface area contributed by atoms with Gasteiger partial charge in [0.05, 0.1) is 0 Å². The summed E-state index contributed by atoms with van der Waals surface area (Å²) in [5.41, 5.74) is 8.57. The van der Waals surface area contributed by atoms with Crippen LogP contribution in [-0.2, 0) is 0 Å². The van der Waals surface area contributed by atoms with Crippen molar-refractivity contribution in [1.82, 2.24) is 0 Å². The van der Waals surface area contributed by atoms with E-state index >= 15 is 0 Å². The highest BCUT2D eigenvalue weighted by atomic mass is 14.9. The number of hydrogen-bond acceptors (Lipinski definition) is 1. The monoisotopic (exact) mass is 269 g/mol. The fourth-order valence-corrected chi connectivity index (χ4v) is 3.12. The first-order chi connectivity index (χ1) is 9.58. The van der Waals surface area contributed by atoms with Crippen LogP contribution in [0.2, 0.25) is 0 Å². The highest BCUT2D eigenvalue weighted by molar-refractivity contribution is 5.89. The zero-order chi connectivity index (χ0) is 14.7. The lowest BCUT2D eigenvalue weighted by molar-refractivity contribution is 0.671. The molecule has 0 spiro atoms. The molecule has 0 amide bonds. The Kier molecular flexibility index (Phi) is 4.69. The molecule has 1 aromatic carbocycles. The molecule has 0 radical (unpaired) electrons. The van der Waals surface area contributed by atoms with Crippen LogP contribution < -0.4 is 5.32 Å². The summed E-state index contributed by atoms with van der Waals surface area (Å²) in [6.45, 7) is 11.3. The van der Waals surface area contributed by atoms with Crippen molar-refractivity contribution in [1.29, 1.82) is 0 Å². The van der Waals surface area contributed by atoms with Gasteiger partial charge in [-0.05, 0) is 57.2 Å². The fraction of sp³-hybridized carbons (Fsp3) is 0.474. The lowest BCUT2D eigenvalue weighted by Gasteiger charge is -2.20. The molecule has 1 aliphatic rings. The average Bonchev–Trinajstić information content (AvgIpc) is 2.70. The second kappa shape index (κ2) is 6.30. The fourth-order valence-electron chi connectivity index (χ4n) is 3.12. The molecule has 0 saturated heterocycles. The van der Waals surface area contributed by atoms with Crippen LogP contribution in [-0.4, -0.2) is 6.04 Å². The lowest BCUT2D eigenvalue weighted by Crippen LogP contribution is -2.17. The second-order valence-electron chi connectivity index (χ2n) is 5.94. The number of para-hydroxylation sites is 1. The first kappa shape index (κ1) is 14.9. The van der Waals surface area contributed by atoms with Crippen LogP contribution >= 0.6 is 0 Å². The molecule has 0 atom stereocenters. The van der Waals surface area contributed by atoms with E-state index < -0.39 is 0 Å². The standard InChI is InChI=1S/C19H27N/c1-6-16(7-2)20-18-11-9-8-10-17(18)19-14(4)12-13(3)15(19)5/h8-11,16,20H,6-7,12H2,1-5H3. The predicted molar refractivity (Wildman–Crippen MR) is 90.0 cm³/mol. The maximum absolute atomic E-state index is 3.72. The van der Waals surface area contributed by atoms with Crippen molar-refractivity contribution < 1.29 is 0 Å². The van der Waals surface area contributed by atoms with Gasteiger partial charge in [-0.15, -0.1) is 0 Å². The molecule has 2 rings (SSSR count). The van der Waals surface area contributed by atoms with E-state index in [0.29, 0.717) is 6.04 Å². The van der Waals surface area contributed by atoms with Gasteiger partial charge in [-0.25, -0.2) is 0 Å². The van der Waals surface area contributed by atoms with Crippen LogP contribution in [0.5, 0.6) is 0 Å². The molecule has 0 aromatic heterocycles. The third-order valence-electron chi connectivity index (χ3n) is 4.51. The minimum Gasteiger partial charge on any atom is -0.382 e. The summed E-state index contributed by atoms with van der Waals surface area (Å²) in [6.07, 6.45) is 3.45. The molecule has 20 heavy (non-hydrogen) atoms. The van der Waals surface area contributed by atoms with E-state index in [1.54, 1.807) is 0 Å². The largest absolute Gasteiger partial charge is 0.382 e. The molecule has 0 aliphatic heterocycles. The van der Waals surface area contributed by atoms with Gasteiger partial charge in [-0.1, -0.05) is 43.2 Å². The Bertz CT molecular complexity index is 545. The normalized spacial score (nSPS) is 15.5. The summed E-state index contributed by atoms with van der Waals surface area (Å²) in [6, 6.07) is 9.31. The van der Waals surface area contributed by atoms with Crippen molar-refractivity contribution in [2.24, 2.45) is 0 Å². The number of allylic oxidation sites excluding steroid dienone is 4. The summed E-state index contributed by atoms with van der Waals surface area (Å²) in [4.78, 5) is 0. The maximum atomic E-state index is 3.72. The Morgan fingerprint density at radius 2 is 1.65 bits per heavy atom. The van der Waals surface area contributed by atoms with Gasteiger partial charge in [0.2, 0.25) is 0 Å². The lowest BCUT2D eigenvalue weighted by atomic mass is 9.96. The SMILES string of the molecule is CCC(CC)Nc1ccccc1C1=C(C)CC(C)=C1C. The van der Waals surface area contributed by atoms with Gasteiger partial charge in [-0.3, -0.25) is 0 Å². The number of hydrogen-bond donors (Lipinski definition) is 1. The average molecular weight is 269 g/mol. The van der Waals surface area contributed by atoms with Crippen LogP contribution in [0.25, 0.3) is 5.57 Å². The highest BCUT2D eigenvalue weighted by Gasteiger charge is 2.20. The molecule has 0 bridgehead atoms. The molecule has 0 fully saturated rings. The van der Waals surface area contributed by atoms with E-state index in [1.165, 1.54) is 33.5 Å². The van der Waals surface area contributed by atoms with Crippen LogP contribution in [0.1, 0.15) is 59.4 Å². The van der Waals surface area contributed by atoms with Crippen LogP contribution in [0, 0.1) is 0 Å². The molecule has 1 aliphatic carbocycles. The van der Waals surface area contributed by atoms with Crippen molar-refractivity contribution >= 4 is 11.3 Å². The number of rotatable bonds is 5. The quantitative estimate of drug-likeness (QED) is 0.712. The Morgan fingerprint density at radius 1 is 1.00 bits per heavy atom. The third kappa shape index (κ3) is 2.82.